The number of carbonyl (C=O) groups excluding carboxylic acids is 2. The van der Waals surface area contributed by atoms with E-state index in [2.05, 4.69) is 10.1 Å². The van der Waals surface area contributed by atoms with Gasteiger partial charge in [-0.15, -0.1) is 0 Å². The van der Waals surface area contributed by atoms with Crippen molar-refractivity contribution in [1.29, 1.82) is 0 Å². The largest absolute Gasteiger partial charge is 0.467 e. The van der Waals surface area contributed by atoms with Crippen LogP contribution in [0, 0.1) is 0 Å². The molecule has 0 bridgehead atoms. The van der Waals surface area contributed by atoms with Crippen molar-refractivity contribution in [3.8, 4) is 11.1 Å². The van der Waals surface area contributed by atoms with Crippen molar-refractivity contribution in [3.05, 3.63) is 59.1 Å². The number of alkyl carbamates (subject to hydrolysis) is 1. The van der Waals surface area contributed by atoms with Gasteiger partial charge < -0.3 is 19.9 Å². The van der Waals surface area contributed by atoms with Crippen molar-refractivity contribution in [3.63, 3.8) is 0 Å². The molecule has 2 unspecified atom stereocenters. The second-order valence-electron chi connectivity index (χ2n) is 7.63. The Kier molecular flexibility index (Phi) is 7.65. The third-order valence-electron chi connectivity index (χ3n) is 4.09. The molecule has 0 aliphatic heterocycles. The Morgan fingerprint density at radius 1 is 1.10 bits per heavy atom. The van der Waals surface area contributed by atoms with E-state index < -0.39 is 29.8 Å². The number of nitrogens with one attached hydrogen (secondary N) is 1. The van der Waals surface area contributed by atoms with Crippen LogP contribution in [0.4, 0.5) is 4.79 Å². The first-order valence-electron chi connectivity index (χ1n) is 9.19. The highest BCUT2D eigenvalue weighted by atomic mass is 35.5. The van der Waals surface area contributed by atoms with Gasteiger partial charge in [-0.2, -0.15) is 0 Å². The molecule has 6 nitrogen and oxygen atoms in total. The number of hydrogen-bond acceptors (Lipinski definition) is 5. The highest BCUT2D eigenvalue weighted by Crippen LogP contribution is 2.23. The molecule has 0 aliphatic rings. The van der Waals surface area contributed by atoms with Crippen LogP contribution in [0.15, 0.2) is 48.5 Å². The zero-order valence-electron chi connectivity index (χ0n) is 16.9. The number of hydrogen-bond donors (Lipinski definition) is 2. The molecule has 7 heteroatoms. The van der Waals surface area contributed by atoms with Gasteiger partial charge in [0.2, 0.25) is 0 Å². The SMILES string of the molecule is COC(=O)C(O)C(Cc1ccc(-c2cccc(Cl)c2)cc1)NC(=O)OC(C)(C)C. The standard InChI is InChI=1S/C22H26ClNO5/c1-22(2,3)29-21(27)24-18(19(25)20(26)28-4)12-14-8-10-15(11-9-14)16-6-5-7-17(23)13-16/h5-11,13,18-19,25H,12H2,1-4H3,(H,24,27). The second kappa shape index (κ2) is 9.76. The highest BCUT2D eigenvalue weighted by molar-refractivity contribution is 6.30. The van der Waals surface area contributed by atoms with Crippen molar-refractivity contribution in [1.82, 2.24) is 5.32 Å². The Morgan fingerprint density at radius 3 is 2.31 bits per heavy atom. The molecule has 2 aromatic rings. The fourth-order valence-corrected chi connectivity index (χ4v) is 2.93. The number of methoxy groups -OCH3 is 1. The first-order chi connectivity index (χ1) is 13.6. The van der Waals surface area contributed by atoms with Crippen LogP contribution < -0.4 is 5.32 Å². The molecule has 0 heterocycles. The van der Waals surface area contributed by atoms with Crippen molar-refractivity contribution < 1.29 is 24.2 Å². The van der Waals surface area contributed by atoms with Crippen LogP contribution >= 0.6 is 11.6 Å². The molecule has 2 N–H and O–H groups in total. The quantitative estimate of drug-likeness (QED) is 0.692. The summed E-state index contributed by atoms with van der Waals surface area (Å²) in [5, 5.41) is 13.5. The number of amides is 1. The maximum Gasteiger partial charge on any atom is 0.407 e. The van der Waals surface area contributed by atoms with Gasteiger partial charge in [0.05, 0.1) is 13.2 Å². The minimum absolute atomic E-state index is 0.214. The minimum atomic E-state index is -1.53. The second-order valence-corrected chi connectivity index (χ2v) is 8.07. The summed E-state index contributed by atoms with van der Waals surface area (Å²) in [6.07, 6.45) is -2.04. The predicted octanol–water partition coefficient (Wildman–Crippen LogP) is 3.98. The van der Waals surface area contributed by atoms with Crippen molar-refractivity contribution in [2.45, 2.75) is 44.9 Å². The Balaban J connectivity index is 2.17. The van der Waals surface area contributed by atoms with Gasteiger partial charge >= 0.3 is 12.1 Å². The molecule has 0 aromatic heterocycles. The normalized spacial score (nSPS) is 13.3. The van der Waals surface area contributed by atoms with E-state index in [0.29, 0.717) is 5.02 Å². The van der Waals surface area contributed by atoms with Gasteiger partial charge in [0.25, 0.3) is 0 Å². The maximum atomic E-state index is 12.1. The maximum absolute atomic E-state index is 12.1. The average Bonchev–Trinajstić information content (AvgIpc) is 2.65. The summed E-state index contributed by atoms with van der Waals surface area (Å²) in [5.41, 5.74) is 2.06. The molecule has 0 radical (unpaired) electrons. The molecular weight excluding hydrogens is 394 g/mol. The van der Waals surface area contributed by atoms with Gasteiger partial charge in [-0.3, -0.25) is 0 Å². The Hall–Kier alpha value is -2.57. The fourth-order valence-electron chi connectivity index (χ4n) is 2.74. The molecule has 29 heavy (non-hydrogen) atoms. The first kappa shape index (κ1) is 22.7. The molecule has 2 aromatic carbocycles. The number of aliphatic hydroxyl groups is 1. The summed E-state index contributed by atoms with van der Waals surface area (Å²) in [4.78, 5) is 23.9. The third kappa shape index (κ3) is 7.07. The number of aliphatic hydroxyl groups excluding tert-OH is 1. The van der Waals surface area contributed by atoms with Gasteiger partial charge in [0, 0.05) is 5.02 Å². The van der Waals surface area contributed by atoms with Crippen LogP contribution in [0.1, 0.15) is 26.3 Å². The van der Waals surface area contributed by atoms with E-state index in [1.54, 1.807) is 26.8 Å². The van der Waals surface area contributed by atoms with E-state index in [1.807, 2.05) is 42.5 Å². The lowest BCUT2D eigenvalue weighted by Crippen LogP contribution is -2.50. The summed E-state index contributed by atoms with van der Waals surface area (Å²) in [6, 6.07) is 14.1. The molecule has 0 saturated carbocycles. The Morgan fingerprint density at radius 2 is 1.76 bits per heavy atom. The molecule has 1 amide bonds. The van der Waals surface area contributed by atoms with Crippen molar-refractivity contribution >= 4 is 23.7 Å². The van der Waals surface area contributed by atoms with E-state index >= 15 is 0 Å². The van der Waals surface area contributed by atoms with Crippen molar-refractivity contribution in [2.75, 3.05) is 7.11 Å². The number of esters is 1. The van der Waals surface area contributed by atoms with Gasteiger partial charge in [-0.05, 0) is 56.0 Å². The molecule has 0 aliphatic carbocycles. The van der Waals surface area contributed by atoms with Gasteiger partial charge in [0.15, 0.2) is 6.10 Å². The minimum Gasteiger partial charge on any atom is -0.467 e. The molecule has 2 atom stereocenters. The van der Waals surface area contributed by atoms with Crippen LogP contribution in [0.3, 0.4) is 0 Å². The highest BCUT2D eigenvalue weighted by Gasteiger charge is 2.30. The van der Waals surface area contributed by atoms with E-state index in [-0.39, 0.29) is 6.42 Å². The Bertz CT molecular complexity index is 845. The summed E-state index contributed by atoms with van der Waals surface area (Å²) in [6.45, 7) is 5.19. The summed E-state index contributed by atoms with van der Waals surface area (Å²) < 4.78 is 9.84. The zero-order valence-corrected chi connectivity index (χ0v) is 17.7. The van der Waals surface area contributed by atoms with E-state index in [1.165, 1.54) is 7.11 Å². The van der Waals surface area contributed by atoms with Crippen LogP contribution in [0.5, 0.6) is 0 Å². The first-order valence-corrected chi connectivity index (χ1v) is 9.57. The van der Waals surface area contributed by atoms with Gasteiger partial charge in [0.1, 0.15) is 5.60 Å². The summed E-state index contributed by atoms with van der Waals surface area (Å²) in [5.74, 6) is -0.832. The molecule has 156 valence electrons. The lowest BCUT2D eigenvalue weighted by molar-refractivity contribution is -0.151. The molecular formula is C22H26ClNO5. The van der Waals surface area contributed by atoms with Crippen LogP contribution in [0.2, 0.25) is 5.02 Å². The zero-order chi connectivity index (χ0) is 21.6. The number of carbonyl (C=O) groups is 2. The summed E-state index contributed by atoms with van der Waals surface area (Å²) >= 11 is 6.04. The fraction of sp³-hybridized carbons (Fsp3) is 0.364. The summed E-state index contributed by atoms with van der Waals surface area (Å²) in [7, 11) is 1.18. The van der Waals surface area contributed by atoms with E-state index in [9.17, 15) is 14.7 Å². The van der Waals surface area contributed by atoms with E-state index in [0.717, 1.165) is 16.7 Å². The average molecular weight is 420 g/mol. The number of halogens is 1. The topological polar surface area (TPSA) is 84.9 Å². The molecule has 0 spiro atoms. The molecule has 0 saturated heterocycles. The third-order valence-corrected chi connectivity index (χ3v) is 4.33. The smallest absolute Gasteiger partial charge is 0.407 e. The van der Waals surface area contributed by atoms with E-state index in [4.69, 9.17) is 16.3 Å². The number of ether oxygens (including phenoxy) is 2. The lowest BCUT2D eigenvalue weighted by Gasteiger charge is -2.25. The van der Waals surface area contributed by atoms with Crippen LogP contribution in [-0.2, 0) is 20.7 Å². The number of rotatable bonds is 6. The van der Waals surface area contributed by atoms with Gasteiger partial charge in [-0.1, -0.05) is 48.0 Å². The Labute approximate surface area is 175 Å². The van der Waals surface area contributed by atoms with Crippen molar-refractivity contribution in [2.24, 2.45) is 0 Å². The predicted molar refractivity (Wildman–Crippen MR) is 112 cm³/mol. The van der Waals surface area contributed by atoms with Crippen LogP contribution in [-0.4, -0.2) is 42.0 Å². The van der Waals surface area contributed by atoms with Gasteiger partial charge in [-0.25, -0.2) is 9.59 Å². The lowest BCUT2D eigenvalue weighted by atomic mass is 9.98. The monoisotopic (exact) mass is 419 g/mol. The number of benzene rings is 2. The molecule has 2 rings (SSSR count). The van der Waals surface area contributed by atoms with Crippen LogP contribution in [0.25, 0.3) is 11.1 Å². The molecule has 0 fully saturated rings.